The minimum Gasteiger partial charge on any atom is -0.458 e. The second-order valence-electron chi connectivity index (χ2n) is 8.37. The lowest BCUT2D eigenvalue weighted by Gasteiger charge is -2.21. The molecule has 7 nitrogen and oxygen atoms in total. The summed E-state index contributed by atoms with van der Waals surface area (Å²) in [4.78, 5) is 45.6. The fourth-order valence-electron chi connectivity index (χ4n) is 4.42. The van der Waals surface area contributed by atoms with Crippen LogP contribution in [0.15, 0.2) is 11.1 Å². The Bertz CT molecular complexity index is 982. The standard InChI is InChI=1S/C22H29N3O4S/c1-15-18-20(30-19(15)22(28)29-16-9-5-4-6-10-16)23-14-25(21(18)27)13-17(26)24-11-7-2-3-8-12-24/h14,16H,2-13H2,1H3. The summed E-state index contributed by atoms with van der Waals surface area (Å²) in [6, 6.07) is 0. The molecule has 1 amide bonds. The van der Waals surface area contributed by atoms with Crippen molar-refractivity contribution in [2.75, 3.05) is 13.1 Å². The molecule has 0 radical (unpaired) electrons. The predicted octanol–water partition coefficient (Wildman–Crippen LogP) is 3.66. The number of likely N-dealkylation sites (tertiary alicyclic amines) is 1. The molecule has 3 heterocycles. The normalized spacial score (nSPS) is 18.4. The van der Waals surface area contributed by atoms with Crippen molar-refractivity contribution >= 4 is 33.4 Å². The molecule has 2 aromatic rings. The zero-order valence-corrected chi connectivity index (χ0v) is 18.3. The molecule has 0 bridgehead atoms. The summed E-state index contributed by atoms with van der Waals surface area (Å²) < 4.78 is 7.05. The zero-order chi connectivity index (χ0) is 21.1. The number of aromatic nitrogens is 2. The van der Waals surface area contributed by atoms with Crippen LogP contribution in [0.3, 0.4) is 0 Å². The number of hydrogen-bond acceptors (Lipinski definition) is 6. The molecule has 2 aromatic heterocycles. The van der Waals surface area contributed by atoms with Crippen molar-refractivity contribution in [3.8, 4) is 0 Å². The molecule has 4 rings (SSSR count). The summed E-state index contributed by atoms with van der Waals surface area (Å²) in [6.07, 6.45) is 10.9. The average Bonchev–Trinajstić information content (AvgIpc) is 2.92. The maximum absolute atomic E-state index is 13.1. The van der Waals surface area contributed by atoms with Gasteiger partial charge in [-0.15, -0.1) is 11.3 Å². The molecule has 30 heavy (non-hydrogen) atoms. The van der Waals surface area contributed by atoms with Gasteiger partial charge in [0.2, 0.25) is 5.91 Å². The first-order chi connectivity index (χ1) is 14.5. The Hall–Kier alpha value is -2.22. The summed E-state index contributed by atoms with van der Waals surface area (Å²) in [5.41, 5.74) is 0.332. The van der Waals surface area contributed by atoms with E-state index in [1.807, 2.05) is 4.90 Å². The van der Waals surface area contributed by atoms with Crippen LogP contribution >= 0.6 is 11.3 Å². The van der Waals surface area contributed by atoms with Gasteiger partial charge in [-0.05, 0) is 51.0 Å². The van der Waals surface area contributed by atoms with E-state index in [0.29, 0.717) is 20.7 Å². The molecule has 162 valence electrons. The Morgan fingerprint density at radius 3 is 2.47 bits per heavy atom. The summed E-state index contributed by atoms with van der Waals surface area (Å²) >= 11 is 1.20. The monoisotopic (exact) mass is 431 g/mol. The molecule has 1 aliphatic heterocycles. The second kappa shape index (κ2) is 9.29. The van der Waals surface area contributed by atoms with E-state index in [2.05, 4.69) is 4.98 Å². The van der Waals surface area contributed by atoms with Crippen molar-refractivity contribution < 1.29 is 14.3 Å². The average molecular weight is 432 g/mol. The van der Waals surface area contributed by atoms with E-state index in [1.165, 1.54) is 28.7 Å². The van der Waals surface area contributed by atoms with Crippen LogP contribution in [0.4, 0.5) is 0 Å². The van der Waals surface area contributed by atoms with E-state index in [-0.39, 0.29) is 30.1 Å². The number of fused-ring (bicyclic) bond motifs is 1. The highest BCUT2D eigenvalue weighted by Crippen LogP contribution is 2.29. The number of rotatable bonds is 4. The van der Waals surface area contributed by atoms with Crippen molar-refractivity contribution in [2.45, 2.75) is 77.4 Å². The third kappa shape index (κ3) is 4.43. The van der Waals surface area contributed by atoms with E-state index in [1.54, 1.807) is 6.92 Å². The van der Waals surface area contributed by atoms with Gasteiger partial charge in [-0.25, -0.2) is 9.78 Å². The maximum atomic E-state index is 13.1. The first-order valence-electron chi connectivity index (χ1n) is 11.0. The van der Waals surface area contributed by atoms with Gasteiger partial charge in [-0.2, -0.15) is 0 Å². The number of carbonyl (C=O) groups is 2. The van der Waals surface area contributed by atoms with Crippen LogP contribution in [0, 0.1) is 6.92 Å². The van der Waals surface area contributed by atoms with E-state index >= 15 is 0 Å². The van der Waals surface area contributed by atoms with Gasteiger partial charge in [-0.1, -0.05) is 19.3 Å². The number of esters is 1. The molecule has 2 aliphatic rings. The molecule has 0 aromatic carbocycles. The number of carbonyl (C=O) groups excluding carboxylic acids is 2. The molecule has 1 saturated heterocycles. The topological polar surface area (TPSA) is 81.5 Å². The van der Waals surface area contributed by atoms with Crippen molar-refractivity contribution in [3.05, 3.63) is 27.1 Å². The van der Waals surface area contributed by atoms with Crippen molar-refractivity contribution in [1.82, 2.24) is 14.5 Å². The van der Waals surface area contributed by atoms with Gasteiger partial charge < -0.3 is 9.64 Å². The highest BCUT2D eigenvalue weighted by Gasteiger charge is 2.25. The van der Waals surface area contributed by atoms with E-state index in [9.17, 15) is 14.4 Å². The number of ether oxygens (including phenoxy) is 1. The van der Waals surface area contributed by atoms with Crippen LogP contribution in [0.5, 0.6) is 0 Å². The number of hydrogen-bond donors (Lipinski definition) is 0. The van der Waals surface area contributed by atoms with E-state index in [0.717, 1.165) is 64.5 Å². The lowest BCUT2D eigenvalue weighted by molar-refractivity contribution is -0.131. The van der Waals surface area contributed by atoms with Gasteiger partial charge >= 0.3 is 5.97 Å². The summed E-state index contributed by atoms with van der Waals surface area (Å²) in [7, 11) is 0. The Kier molecular flexibility index (Phi) is 6.51. The minimum absolute atomic E-state index is 0.0150. The van der Waals surface area contributed by atoms with Gasteiger partial charge in [0, 0.05) is 13.1 Å². The molecule has 1 aliphatic carbocycles. The lowest BCUT2D eigenvalue weighted by atomic mass is 9.98. The number of aryl methyl sites for hydroxylation is 1. The van der Waals surface area contributed by atoms with E-state index < -0.39 is 0 Å². The summed E-state index contributed by atoms with van der Waals surface area (Å²) in [5, 5.41) is 0.418. The second-order valence-corrected chi connectivity index (χ2v) is 9.37. The van der Waals surface area contributed by atoms with Gasteiger partial charge in [-0.3, -0.25) is 14.2 Å². The van der Waals surface area contributed by atoms with Crippen LogP contribution in [-0.2, 0) is 16.1 Å². The summed E-state index contributed by atoms with van der Waals surface area (Å²) in [5.74, 6) is -0.418. The maximum Gasteiger partial charge on any atom is 0.348 e. The molecule has 0 N–H and O–H groups in total. The van der Waals surface area contributed by atoms with Gasteiger partial charge in [0.05, 0.1) is 11.7 Å². The first-order valence-corrected chi connectivity index (χ1v) is 11.8. The molecular formula is C22H29N3O4S. The smallest absolute Gasteiger partial charge is 0.348 e. The number of amides is 1. The molecule has 1 saturated carbocycles. The van der Waals surface area contributed by atoms with Gasteiger partial charge in [0.25, 0.3) is 5.56 Å². The van der Waals surface area contributed by atoms with Crippen LogP contribution < -0.4 is 5.56 Å². The first kappa shape index (κ1) is 21.0. The van der Waals surface area contributed by atoms with Crippen molar-refractivity contribution in [2.24, 2.45) is 0 Å². The molecule has 8 heteroatoms. The van der Waals surface area contributed by atoms with Gasteiger partial charge in [0.15, 0.2) is 0 Å². The Labute approximate surface area is 180 Å². The molecular weight excluding hydrogens is 402 g/mol. The van der Waals surface area contributed by atoms with Crippen LogP contribution in [0.25, 0.3) is 10.2 Å². The highest BCUT2D eigenvalue weighted by atomic mass is 32.1. The quantitative estimate of drug-likeness (QED) is 0.690. The molecule has 0 spiro atoms. The minimum atomic E-state index is -0.367. The highest BCUT2D eigenvalue weighted by molar-refractivity contribution is 7.20. The third-order valence-corrected chi connectivity index (χ3v) is 7.37. The van der Waals surface area contributed by atoms with Crippen molar-refractivity contribution in [1.29, 1.82) is 0 Å². The third-order valence-electron chi connectivity index (χ3n) is 6.19. The van der Waals surface area contributed by atoms with Crippen LogP contribution in [0.2, 0.25) is 0 Å². The Balaban J connectivity index is 1.54. The number of nitrogens with zero attached hydrogens (tertiary/aromatic N) is 3. The Morgan fingerprint density at radius 1 is 1.10 bits per heavy atom. The van der Waals surface area contributed by atoms with Crippen LogP contribution in [0.1, 0.15) is 73.0 Å². The molecule has 0 unspecified atom stereocenters. The van der Waals surface area contributed by atoms with Crippen molar-refractivity contribution in [3.63, 3.8) is 0 Å². The number of thiophene rings is 1. The fraction of sp³-hybridized carbons (Fsp3) is 0.636. The molecule has 0 atom stereocenters. The van der Waals surface area contributed by atoms with Gasteiger partial charge in [0.1, 0.15) is 22.4 Å². The molecule has 2 fully saturated rings. The Morgan fingerprint density at radius 2 is 1.77 bits per heavy atom. The van der Waals surface area contributed by atoms with E-state index in [4.69, 9.17) is 4.74 Å². The zero-order valence-electron chi connectivity index (χ0n) is 17.5. The lowest BCUT2D eigenvalue weighted by Crippen LogP contribution is -2.37. The SMILES string of the molecule is Cc1c(C(=O)OC2CCCCC2)sc2ncn(CC(=O)N3CCCCCC3)c(=O)c12. The largest absolute Gasteiger partial charge is 0.458 e. The fourth-order valence-corrected chi connectivity index (χ4v) is 5.44. The predicted molar refractivity (Wildman–Crippen MR) is 116 cm³/mol. The summed E-state index contributed by atoms with van der Waals surface area (Å²) in [6.45, 7) is 3.25. The van der Waals surface area contributed by atoms with Crippen LogP contribution in [-0.4, -0.2) is 45.5 Å².